The predicted octanol–water partition coefficient (Wildman–Crippen LogP) is 5.66. The van der Waals surface area contributed by atoms with Crippen LogP contribution in [0.5, 0.6) is 0 Å². The molecule has 0 N–H and O–H groups in total. The number of carbonyl (C=O) groups excluding carboxylic acids is 1. The number of benzene rings is 3. The first kappa shape index (κ1) is 27.6. The average Bonchev–Trinajstić information content (AvgIpc) is 2.89. The standard InChI is InChI=1S/C31H38O4Si/c1-25(29(30(32)33-5)24-34-23-26-15-9-6-10-16-26)21-22-35-36(31(2,3)4,27-17-11-7-12-18-27)28-19-13-8-14-20-28/h6-20H,21-24H2,1-5H3/b29-25-. The van der Waals surface area contributed by atoms with E-state index in [2.05, 4.69) is 69.3 Å². The lowest BCUT2D eigenvalue weighted by atomic mass is 10.1. The molecule has 0 heterocycles. The molecule has 0 amide bonds. The largest absolute Gasteiger partial charge is 0.466 e. The van der Waals surface area contributed by atoms with E-state index in [4.69, 9.17) is 13.9 Å². The highest BCUT2D eigenvalue weighted by Crippen LogP contribution is 2.37. The summed E-state index contributed by atoms with van der Waals surface area (Å²) in [5.74, 6) is -0.356. The molecule has 0 bridgehead atoms. The van der Waals surface area contributed by atoms with Gasteiger partial charge in [0, 0.05) is 6.61 Å². The number of ether oxygens (including phenoxy) is 2. The fraction of sp³-hybridized carbons (Fsp3) is 0.323. The molecule has 0 aliphatic carbocycles. The number of hydrogen-bond acceptors (Lipinski definition) is 4. The Bertz CT molecular complexity index is 1080. The van der Waals surface area contributed by atoms with Crippen molar-refractivity contribution >= 4 is 24.7 Å². The molecular formula is C31H38O4Si. The van der Waals surface area contributed by atoms with Crippen LogP contribution in [0.1, 0.15) is 39.7 Å². The lowest BCUT2D eigenvalue weighted by Gasteiger charge is -2.43. The summed E-state index contributed by atoms with van der Waals surface area (Å²) in [6, 6.07) is 31.1. The van der Waals surface area contributed by atoms with Gasteiger partial charge in [-0.25, -0.2) is 4.79 Å². The summed E-state index contributed by atoms with van der Waals surface area (Å²) in [5, 5.41) is 2.38. The molecule has 0 saturated carbocycles. The Kier molecular flexibility index (Phi) is 9.82. The van der Waals surface area contributed by atoms with Crippen LogP contribution in [0, 0.1) is 0 Å². The van der Waals surface area contributed by atoms with Crippen LogP contribution in [0.25, 0.3) is 0 Å². The number of carbonyl (C=O) groups is 1. The van der Waals surface area contributed by atoms with E-state index in [1.54, 1.807) is 0 Å². The molecule has 190 valence electrons. The number of rotatable bonds is 11. The Morgan fingerprint density at radius 1 is 0.806 bits per heavy atom. The van der Waals surface area contributed by atoms with Crippen molar-refractivity contribution in [2.45, 2.75) is 45.8 Å². The maximum atomic E-state index is 12.6. The van der Waals surface area contributed by atoms with E-state index < -0.39 is 8.32 Å². The Balaban J connectivity index is 1.83. The second-order valence-electron chi connectivity index (χ2n) is 9.99. The highest BCUT2D eigenvalue weighted by Gasteiger charge is 2.50. The minimum atomic E-state index is -2.63. The summed E-state index contributed by atoms with van der Waals surface area (Å²) in [4.78, 5) is 12.6. The topological polar surface area (TPSA) is 44.8 Å². The maximum Gasteiger partial charge on any atom is 0.336 e. The van der Waals surface area contributed by atoms with E-state index in [0.717, 1.165) is 11.1 Å². The van der Waals surface area contributed by atoms with Gasteiger partial charge in [0.2, 0.25) is 0 Å². The molecule has 3 aromatic rings. The monoisotopic (exact) mass is 502 g/mol. The van der Waals surface area contributed by atoms with Crippen molar-refractivity contribution in [2.75, 3.05) is 20.3 Å². The Morgan fingerprint density at radius 3 is 1.78 bits per heavy atom. The molecule has 0 aromatic heterocycles. The van der Waals surface area contributed by atoms with E-state index in [1.165, 1.54) is 17.5 Å². The first-order valence-electron chi connectivity index (χ1n) is 12.4. The minimum Gasteiger partial charge on any atom is -0.466 e. The zero-order valence-electron chi connectivity index (χ0n) is 22.1. The lowest BCUT2D eigenvalue weighted by Crippen LogP contribution is -2.66. The van der Waals surface area contributed by atoms with E-state index in [9.17, 15) is 4.79 Å². The molecule has 36 heavy (non-hydrogen) atoms. The third kappa shape index (κ3) is 6.61. The van der Waals surface area contributed by atoms with Gasteiger partial charge in [0.1, 0.15) is 0 Å². The second kappa shape index (κ2) is 12.8. The fourth-order valence-electron chi connectivity index (χ4n) is 4.59. The normalized spacial score (nSPS) is 12.7. The minimum absolute atomic E-state index is 0.0999. The smallest absolute Gasteiger partial charge is 0.336 e. The van der Waals surface area contributed by atoms with Crippen molar-refractivity contribution in [1.82, 2.24) is 0 Å². The van der Waals surface area contributed by atoms with Crippen molar-refractivity contribution in [2.24, 2.45) is 0 Å². The molecule has 0 atom stereocenters. The van der Waals surface area contributed by atoms with Gasteiger partial charge in [-0.1, -0.05) is 117 Å². The van der Waals surface area contributed by atoms with Gasteiger partial charge in [0.25, 0.3) is 8.32 Å². The third-order valence-corrected chi connectivity index (χ3v) is 11.6. The van der Waals surface area contributed by atoms with Crippen LogP contribution in [0.15, 0.2) is 102 Å². The lowest BCUT2D eigenvalue weighted by molar-refractivity contribution is -0.136. The highest BCUT2D eigenvalue weighted by molar-refractivity contribution is 6.99. The molecule has 0 spiro atoms. The summed E-state index contributed by atoms with van der Waals surface area (Å²) in [6.07, 6.45) is 0.615. The van der Waals surface area contributed by atoms with Crippen LogP contribution in [-0.4, -0.2) is 34.6 Å². The van der Waals surface area contributed by atoms with Gasteiger partial charge in [0.05, 0.1) is 25.9 Å². The van der Waals surface area contributed by atoms with Crippen molar-refractivity contribution < 1.29 is 18.7 Å². The molecule has 5 heteroatoms. The van der Waals surface area contributed by atoms with E-state index >= 15 is 0 Å². The van der Waals surface area contributed by atoms with Gasteiger partial charge in [0.15, 0.2) is 0 Å². The maximum absolute atomic E-state index is 12.6. The number of esters is 1. The quantitative estimate of drug-likeness (QED) is 0.193. The van der Waals surface area contributed by atoms with Crippen LogP contribution in [0.4, 0.5) is 0 Å². The first-order chi connectivity index (χ1) is 17.3. The molecule has 0 unspecified atom stereocenters. The highest BCUT2D eigenvalue weighted by atomic mass is 28.4. The van der Waals surface area contributed by atoms with Gasteiger partial charge < -0.3 is 13.9 Å². The Hall–Kier alpha value is -2.99. The van der Waals surface area contributed by atoms with E-state index in [-0.39, 0.29) is 17.6 Å². The number of hydrogen-bond donors (Lipinski definition) is 0. The summed E-state index contributed by atoms with van der Waals surface area (Å²) in [6.45, 7) is 9.89. The summed E-state index contributed by atoms with van der Waals surface area (Å²) in [5.41, 5.74) is 2.54. The van der Waals surface area contributed by atoms with Gasteiger partial charge >= 0.3 is 5.97 Å². The predicted molar refractivity (Wildman–Crippen MR) is 149 cm³/mol. The van der Waals surface area contributed by atoms with Gasteiger partial charge in [-0.05, 0) is 34.3 Å². The molecular weight excluding hydrogens is 464 g/mol. The van der Waals surface area contributed by atoms with Gasteiger partial charge in [-0.2, -0.15) is 0 Å². The van der Waals surface area contributed by atoms with Gasteiger partial charge in [-0.15, -0.1) is 0 Å². The molecule has 3 rings (SSSR count). The molecule has 0 aliphatic heterocycles. The van der Waals surface area contributed by atoms with Crippen LogP contribution in [0.2, 0.25) is 5.04 Å². The van der Waals surface area contributed by atoms with Crippen molar-refractivity contribution in [3.05, 3.63) is 108 Å². The van der Waals surface area contributed by atoms with E-state index in [0.29, 0.717) is 25.2 Å². The Labute approximate surface area is 217 Å². The molecule has 0 fully saturated rings. The molecule has 3 aromatic carbocycles. The zero-order chi connectivity index (χ0) is 26.0. The average molecular weight is 503 g/mol. The van der Waals surface area contributed by atoms with Crippen molar-refractivity contribution in [3.63, 3.8) is 0 Å². The van der Waals surface area contributed by atoms with Crippen LogP contribution in [0.3, 0.4) is 0 Å². The van der Waals surface area contributed by atoms with Crippen LogP contribution < -0.4 is 10.4 Å². The second-order valence-corrected chi connectivity index (χ2v) is 14.3. The molecule has 0 radical (unpaired) electrons. The van der Waals surface area contributed by atoms with Gasteiger partial charge in [-0.3, -0.25) is 0 Å². The SMILES string of the molecule is COC(=O)/C(COCc1ccccc1)=C(/C)CCO[Si](c1ccccc1)(c1ccccc1)C(C)(C)C. The van der Waals surface area contributed by atoms with E-state index in [1.807, 2.05) is 49.4 Å². The summed E-state index contributed by atoms with van der Waals surface area (Å²) in [7, 11) is -1.22. The third-order valence-electron chi connectivity index (χ3n) is 6.52. The summed E-state index contributed by atoms with van der Waals surface area (Å²) >= 11 is 0. The summed E-state index contributed by atoms with van der Waals surface area (Å²) < 4.78 is 17.9. The molecule has 0 aliphatic rings. The first-order valence-corrected chi connectivity index (χ1v) is 14.3. The fourth-order valence-corrected chi connectivity index (χ4v) is 9.16. The number of methoxy groups -OCH3 is 1. The zero-order valence-corrected chi connectivity index (χ0v) is 23.1. The van der Waals surface area contributed by atoms with Crippen LogP contribution in [-0.2, 0) is 25.3 Å². The van der Waals surface area contributed by atoms with Crippen molar-refractivity contribution in [3.8, 4) is 0 Å². The Morgan fingerprint density at radius 2 is 1.31 bits per heavy atom. The van der Waals surface area contributed by atoms with Crippen molar-refractivity contribution in [1.29, 1.82) is 0 Å². The molecule has 0 saturated heterocycles. The molecule has 4 nitrogen and oxygen atoms in total. The van der Waals surface area contributed by atoms with Crippen LogP contribution >= 0.6 is 0 Å².